The van der Waals surface area contributed by atoms with E-state index >= 15 is 0 Å². The average Bonchev–Trinajstić information content (AvgIpc) is 2.35. The first kappa shape index (κ1) is 6.15. The molecule has 0 bridgehead atoms. The molecule has 4 heteroatoms. The zero-order chi connectivity index (χ0) is 7.84. The summed E-state index contributed by atoms with van der Waals surface area (Å²) in [6, 6.07) is 4.58. The Hall–Kier alpha value is -1.58. The van der Waals surface area contributed by atoms with Gasteiger partial charge in [-0.25, -0.2) is 0 Å². The molecule has 56 valence electrons. The molecule has 0 amide bonds. The zero-order valence-electron chi connectivity index (χ0n) is 5.50. The third-order valence-electron chi connectivity index (χ3n) is 1.52. The number of nitrogens with one attached hydrogen (secondary N) is 1. The summed E-state index contributed by atoms with van der Waals surface area (Å²) in [5.74, 6) is -0.529. The van der Waals surface area contributed by atoms with Gasteiger partial charge in [0.15, 0.2) is 0 Å². The van der Waals surface area contributed by atoms with Crippen molar-refractivity contribution in [1.82, 2.24) is 10.2 Å². The molecule has 0 atom stereocenters. The number of aromatic hydroxyl groups is 1. The summed E-state index contributed by atoms with van der Waals surface area (Å²) in [5.41, 5.74) is 0.269. The molecule has 3 nitrogen and oxygen atoms in total. The molecule has 0 unspecified atom stereocenters. The van der Waals surface area contributed by atoms with E-state index in [2.05, 4.69) is 10.2 Å². The molecular weight excluding hydrogens is 147 g/mol. The highest BCUT2D eigenvalue weighted by molar-refractivity contribution is 5.83. The van der Waals surface area contributed by atoms with Crippen LogP contribution in [0.15, 0.2) is 18.2 Å². The SMILES string of the molecule is Oc1cccc2c(F)[nH]nc12. The summed E-state index contributed by atoms with van der Waals surface area (Å²) >= 11 is 0. The molecular formula is C7H5FN2O. The Kier molecular flexibility index (Phi) is 1.09. The van der Waals surface area contributed by atoms with Crippen molar-refractivity contribution in [3.05, 3.63) is 24.1 Å². The van der Waals surface area contributed by atoms with Gasteiger partial charge in [-0.05, 0) is 12.1 Å². The monoisotopic (exact) mass is 152 g/mol. The topological polar surface area (TPSA) is 48.9 Å². The molecule has 0 aliphatic rings. The van der Waals surface area contributed by atoms with Gasteiger partial charge < -0.3 is 5.11 Å². The first-order valence-corrected chi connectivity index (χ1v) is 3.10. The number of halogens is 1. The quantitative estimate of drug-likeness (QED) is 0.599. The summed E-state index contributed by atoms with van der Waals surface area (Å²) in [5, 5.41) is 15.2. The van der Waals surface area contributed by atoms with Gasteiger partial charge >= 0.3 is 0 Å². The molecule has 11 heavy (non-hydrogen) atoms. The van der Waals surface area contributed by atoms with Gasteiger partial charge in [-0.2, -0.15) is 9.49 Å². The third kappa shape index (κ3) is 0.756. The lowest BCUT2D eigenvalue weighted by atomic mass is 10.2. The van der Waals surface area contributed by atoms with E-state index in [0.717, 1.165) is 0 Å². The Bertz CT molecular complexity index is 396. The van der Waals surface area contributed by atoms with E-state index in [9.17, 15) is 4.39 Å². The van der Waals surface area contributed by atoms with E-state index in [0.29, 0.717) is 5.39 Å². The number of phenols is 1. The van der Waals surface area contributed by atoms with E-state index in [1.54, 1.807) is 12.1 Å². The van der Waals surface area contributed by atoms with Crippen LogP contribution in [0.3, 0.4) is 0 Å². The number of rotatable bonds is 0. The van der Waals surface area contributed by atoms with Gasteiger partial charge in [0, 0.05) is 0 Å². The number of aromatic nitrogens is 2. The molecule has 0 aliphatic heterocycles. The second-order valence-electron chi connectivity index (χ2n) is 2.21. The van der Waals surface area contributed by atoms with Gasteiger partial charge in [0.2, 0.25) is 5.95 Å². The van der Waals surface area contributed by atoms with Crippen LogP contribution in [0.4, 0.5) is 4.39 Å². The Morgan fingerprint density at radius 3 is 3.00 bits per heavy atom. The second-order valence-corrected chi connectivity index (χ2v) is 2.21. The minimum atomic E-state index is -0.518. The van der Waals surface area contributed by atoms with Gasteiger partial charge in [0.25, 0.3) is 0 Å². The number of para-hydroxylation sites is 1. The van der Waals surface area contributed by atoms with Crippen molar-refractivity contribution in [3.63, 3.8) is 0 Å². The Morgan fingerprint density at radius 1 is 1.45 bits per heavy atom. The molecule has 1 heterocycles. The summed E-state index contributed by atoms with van der Waals surface area (Å²) in [6.07, 6.45) is 0. The lowest BCUT2D eigenvalue weighted by Crippen LogP contribution is -1.69. The van der Waals surface area contributed by atoms with Crippen molar-refractivity contribution in [2.75, 3.05) is 0 Å². The van der Waals surface area contributed by atoms with Gasteiger partial charge in [0.1, 0.15) is 11.3 Å². The predicted molar refractivity (Wildman–Crippen MR) is 37.7 cm³/mol. The maximum Gasteiger partial charge on any atom is 0.216 e. The van der Waals surface area contributed by atoms with Crippen LogP contribution in [0.1, 0.15) is 0 Å². The van der Waals surface area contributed by atoms with E-state index in [4.69, 9.17) is 5.11 Å². The van der Waals surface area contributed by atoms with E-state index < -0.39 is 5.95 Å². The van der Waals surface area contributed by atoms with Crippen LogP contribution >= 0.6 is 0 Å². The number of benzene rings is 1. The van der Waals surface area contributed by atoms with Crippen LogP contribution in [0.5, 0.6) is 5.75 Å². The highest BCUT2D eigenvalue weighted by atomic mass is 19.1. The van der Waals surface area contributed by atoms with E-state index in [1.165, 1.54) is 6.07 Å². The second kappa shape index (κ2) is 1.95. The molecule has 0 saturated heterocycles. The highest BCUT2D eigenvalue weighted by Gasteiger charge is 2.06. The van der Waals surface area contributed by atoms with Crippen LogP contribution in [-0.4, -0.2) is 15.3 Å². The van der Waals surface area contributed by atoms with Crippen molar-refractivity contribution in [1.29, 1.82) is 0 Å². The van der Waals surface area contributed by atoms with Crippen molar-refractivity contribution in [2.24, 2.45) is 0 Å². The Labute approximate surface area is 61.5 Å². The maximum absolute atomic E-state index is 12.7. The maximum atomic E-state index is 12.7. The van der Waals surface area contributed by atoms with Crippen LogP contribution in [0, 0.1) is 5.95 Å². The van der Waals surface area contributed by atoms with E-state index in [-0.39, 0.29) is 11.3 Å². The van der Waals surface area contributed by atoms with Gasteiger partial charge in [-0.3, -0.25) is 5.10 Å². The van der Waals surface area contributed by atoms with Gasteiger partial charge in [-0.15, -0.1) is 0 Å². The molecule has 2 rings (SSSR count). The number of fused-ring (bicyclic) bond motifs is 1. The van der Waals surface area contributed by atoms with Crippen LogP contribution in [0.25, 0.3) is 10.9 Å². The molecule has 0 radical (unpaired) electrons. The largest absolute Gasteiger partial charge is 0.506 e. The summed E-state index contributed by atoms with van der Waals surface area (Å²) in [7, 11) is 0. The highest BCUT2D eigenvalue weighted by Crippen LogP contribution is 2.22. The summed E-state index contributed by atoms with van der Waals surface area (Å²) < 4.78 is 12.7. The molecule has 0 fully saturated rings. The number of phenolic OH excluding ortho intramolecular Hbond substituents is 1. The fraction of sp³-hybridized carbons (Fsp3) is 0. The fourth-order valence-corrected chi connectivity index (χ4v) is 0.991. The van der Waals surface area contributed by atoms with Crippen LogP contribution < -0.4 is 0 Å². The zero-order valence-corrected chi connectivity index (χ0v) is 5.50. The van der Waals surface area contributed by atoms with Crippen molar-refractivity contribution in [2.45, 2.75) is 0 Å². The molecule has 2 aromatic rings. The number of aromatic amines is 1. The molecule has 1 aromatic carbocycles. The third-order valence-corrected chi connectivity index (χ3v) is 1.52. The van der Waals surface area contributed by atoms with Crippen LogP contribution in [-0.2, 0) is 0 Å². The van der Waals surface area contributed by atoms with Crippen LogP contribution in [0.2, 0.25) is 0 Å². The first-order valence-electron chi connectivity index (χ1n) is 3.10. The molecule has 0 saturated carbocycles. The number of H-pyrrole nitrogens is 1. The molecule has 0 spiro atoms. The van der Waals surface area contributed by atoms with Crippen molar-refractivity contribution in [3.8, 4) is 5.75 Å². The standard InChI is InChI=1S/C7H5FN2O/c8-7-4-2-1-3-5(11)6(4)9-10-7/h1-3,11H,(H,9,10). The molecule has 1 aromatic heterocycles. The minimum Gasteiger partial charge on any atom is -0.506 e. The fourth-order valence-electron chi connectivity index (χ4n) is 0.991. The summed E-state index contributed by atoms with van der Waals surface area (Å²) in [4.78, 5) is 0. The van der Waals surface area contributed by atoms with Gasteiger partial charge in [-0.1, -0.05) is 6.07 Å². The number of hydrogen-bond donors (Lipinski definition) is 2. The van der Waals surface area contributed by atoms with E-state index in [1.807, 2.05) is 0 Å². The lowest BCUT2D eigenvalue weighted by molar-refractivity contribution is 0.480. The normalized spacial score (nSPS) is 10.6. The minimum absolute atomic E-state index is 0.0114. The van der Waals surface area contributed by atoms with Crippen molar-refractivity contribution >= 4 is 10.9 Å². The van der Waals surface area contributed by atoms with Gasteiger partial charge in [0.05, 0.1) is 5.39 Å². The first-order chi connectivity index (χ1) is 5.29. The Balaban J connectivity index is 2.94. The molecule has 2 N–H and O–H groups in total. The lowest BCUT2D eigenvalue weighted by Gasteiger charge is -1.89. The average molecular weight is 152 g/mol. The van der Waals surface area contributed by atoms with Crippen molar-refractivity contribution < 1.29 is 9.50 Å². The smallest absolute Gasteiger partial charge is 0.216 e. The number of nitrogens with zero attached hydrogens (tertiary/aromatic N) is 1. The Morgan fingerprint density at radius 2 is 2.27 bits per heavy atom. The molecule has 0 aliphatic carbocycles. The predicted octanol–water partition coefficient (Wildman–Crippen LogP) is 1.41. The summed E-state index contributed by atoms with van der Waals surface area (Å²) in [6.45, 7) is 0. The number of hydrogen-bond acceptors (Lipinski definition) is 2.